The molecule has 0 atom stereocenters. The molecule has 1 aliphatic heterocycles. The third kappa shape index (κ3) is 5.12. The molecule has 4 rings (SSSR count). The lowest BCUT2D eigenvalue weighted by atomic mass is 10.2. The molecule has 8 nitrogen and oxygen atoms in total. The number of nitrogens with one attached hydrogen (secondary N) is 1. The SMILES string of the molecule is CCn1c(=O)n(CCC(=O)N2CCN(CC(=O)Nc3ccccc3Cl)CC2)c2ccccc21. The Labute approximate surface area is 197 Å². The summed E-state index contributed by atoms with van der Waals surface area (Å²) in [4.78, 5) is 41.7. The number of aryl methyl sites for hydroxylation is 2. The van der Waals surface area contributed by atoms with Crippen molar-refractivity contribution in [3.05, 3.63) is 64.0 Å². The lowest BCUT2D eigenvalue weighted by molar-refractivity contribution is -0.133. The van der Waals surface area contributed by atoms with Gasteiger partial charge in [0.15, 0.2) is 0 Å². The van der Waals surface area contributed by atoms with E-state index in [1.54, 1.807) is 21.3 Å². The molecule has 33 heavy (non-hydrogen) atoms. The Bertz CT molecular complexity index is 1210. The van der Waals surface area contributed by atoms with E-state index in [0.29, 0.717) is 50.0 Å². The third-order valence-electron chi connectivity index (χ3n) is 6.03. The van der Waals surface area contributed by atoms with Gasteiger partial charge >= 0.3 is 5.69 Å². The van der Waals surface area contributed by atoms with Crippen LogP contribution in [0.3, 0.4) is 0 Å². The summed E-state index contributed by atoms with van der Waals surface area (Å²) in [6, 6.07) is 14.8. The van der Waals surface area contributed by atoms with Crippen LogP contribution in [0, 0.1) is 0 Å². The second-order valence-electron chi connectivity index (χ2n) is 8.10. The first-order valence-electron chi connectivity index (χ1n) is 11.2. The van der Waals surface area contributed by atoms with Gasteiger partial charge in [-0.05, 0) is 31.2 Å². The Morgan fingerprint density at radius 2 is 1.58 bits per heavy atom. The van der Waals surface area contributed by atoms with Gasteiger partial charge < -0.3 is 10.2 Å². The number of halogens is 1. The van der Waals surface area contributed by atoms with Crippen LogP contribution < -0.4 is 11.0 Å². The van der Waals surface area contributed by atoms with E-state index in [-0.39, 0.29) is 30.5 Å². The Kier molecular flexibility index (Phi) is 7.15. The second kappa shape index (κ2) is 10.2. The van der Waals surface area contributed by atoms with Crippen LogP contribution in [-0.2, 0) is 22.7 Å². The van der Waals surface area contributed by atoms with Crippen LogP contribution in [0.5, 0.6) is 0 Å². The van der Waals surface area contributed by atoms with Crippen molar-refractivity contribution in [1.29, 1.82) is 0 Å². The maximum absolute atomic E-state index is 12.8. The fourth-order valence-electron chi connectivity index (χ4n) is 4.27. The van der Waals surface area contributed by atoms with Crippen molar-refractivity contribution in [1.82, 2.24) is 18.9 Å². The van der Waals surface area contributed by atoms with Gasteiger partial charge in [-0.15, -0.1) is 0 Å². The molecule has 174 valence electrons. The van der Waals surface area contributed by atoms with E-state index in [9.17, 15) is 14.4 Å². The number of amides is 2. The van der Waals surface area contributed by atoms with E-state index in [1.165, 1.54) is 0 Å². The van der Waals surface area contributed by atoms with Crippen molar-refractivity contribution in [3.63, 3.8) is 0 Å². The van der Waals surface area contributed by atoms with Gasteiger partial charge in [-0.2, -0.15) is 0 Å². The van der Waals surface area contributed by atoms with Gasteiger partial charge in [-0.1, -0.05) is 35.9 Å². The van der Waals surface area contributed by atoms with Crippen molar-refractivity contribution in [2.45, 2.75) is 26.4 Å². The first-order chi connectivity index (χ1) is 16.0. The second-order valence-corrected chi connectivity index (χ2v) is 8.51. The highest BCUT2D eigenvalue weighted by atomic mass is 35.5. The zero-order valence-electron chi connectivity index (χ0n) is 18.7. The molecule has 3 aromatic rings. The maximum Gasteiger partial charge on any atom is 0.329 e. The van der Waals surface area contributed by atoms with Crippen LogP contribution in [0.25, 0.3) is 11.0 Å². The van der Waals surface area contributed by atoms with Crippen LogP contribution in [0.1, 0.15) is 13.3 Å². The maximum atomic E-state index is 12.8. The van der Waals surface area contributed by atoms with Gasteiger partial charge in [0.2, 0.25) is 11.8 Å². The van der Waals surface area contributed by atoms with Crippen molar-refractivity contribution in [2.75, 3.05) is 38.0 Å². The number of piperazine rings is 1. The molecule has 0 bridgehead atoms. The van der Waals surface area contributed by atoms with E-state index < -0.39 is 0 Å². The molecular formula is C24H28ClN5O3. The molecule has 2 amide bonds. The number of hydrogen-bond donors (Lipinski definition) is 1. The minimum atomic E-state index is -0.130. The predicted molar refractivity (Wildman–Crippen MR) is 130 cm³/mol. The lowest BCUT2D eigenvalue weighted by Gasteiger charge is -2.34. The van der Waals surface area contributed by atoms with Gasteiger partial charge in [0.1, 0.15) is 0 Å². The standard InChI is InChI=1S/C24H28ClN5O3/c1-2-29-20-9-5-6-10-21(20)30(24(29)33)12-11-23(32)28-15-13-27(14-16-28)17-22(31)26-19-8-4-3-7-18(19)25/h3-10H,2,11-17H2,1H3,(H,26,31). The number of aromatic nitrogens is 2. The van der Waals surface area contributed by atoms with E-state index in [1.807, 2.05) is 53.1 Å². The van der Waals surface area contributed by atoms with E-state index >= 15 is 0 Å². The van der Waals surface area contributed by atoms with E-state index in [2.05, 4.69) is 5.32 Å². The minimum absolute atomic E-state index is 0.0235. The molecule has 1 fully saturated rings. The Morgan fingerprint density at radius 1 is 0.939 bits per heavy atom. The molecule has 2 aromatic carbocycles. The average Bonchev–Trinajstić information content (AvgIpc) is 3.09. The predicted octanol–water partition coefficient (Wildman–Crippen LogP) is 2.65. The lowest BCUT2D eigenvalue weighted by Crippen LogP contribution is -2.50. The molecule has 9 heteroatoms. The monoisotopic (exact) mass is 469 g/mol. The molecule has 1 aromatic heterocycles. The van der Waals surface area contributed by atoms with Gasteiger partial charge in [0.05, 0.1) is 28.3 Å². The number of benzene rings is 2. The largest absolute Gasteiger partial charge is 0.340 e. The number of hydrogen-bond acceptors (Lipinski definition) is 4. The minimum Gasteiger partial charge on any atom is -0.340 e. The summed E-state index contributed by atoms with van der Waals surface area (Å²) in [6.07, 6.45) is 0.268. The highest BCUT2D eigenvalue weighted by Crippen LogP contribution is 2.20. The first-order valence-corrected chi connectivity index (χ1v) is 11.6. The van der Waals surface area contributed by atoms with Crippen LogP contribution in [-0.4, -0.2) is 63.5 Å². The van der Waals surface area contributed by atoms with Gasteiger partial charge in [0.25, 0.3) is 0 Å². The van der Waals surface area contributed by atoms with Gasteiger partial charge in [-0.3, -0.25) is 23.6 Å². The van der Waals surface area contributed by atoms with Gasteiger partial charge in [0, 0.05) is 45.7 Å². The summed E-state index contributed by atoms with van der Waals surface area (Å²) in [5.41, 5.74) is 2.26. The molecule has 0 aliphatic carbocycles. The summed E-state index contributed by atoms with van der Waals surface area (Å²) in [5.74, 6) is -0.107. The highest BCUT2D eigenvalue weighted by molar-refractivity contribution is 6.33. The Balaban J connectivity index is 1.28. The van der Waals surface area contributed by atoms with Crippen LogP contribution in [0.15, 0.2) is 53.3 Å². The van der Waals surface area contributed by atoms with Crippen molar-refractivity contribution in [3.8, 4) is 0 Å². The quantitative estimate of drug-likeness (QED) is 0.577. The zero-order valence-corrected chi connectivity index (χ0v) is 19.4. The summed E-state index contributed by atoms with van der Waals surface area (Å²) in [6.45, 7) is 5.50. The number of para-hydroxylation sites is 3. The molecule has 0 radical (unpaired) electrons. The molecular weight excluding hydrogens is 442 g/mol. The average molecular weight is 470 g/mol. The molecule has 1 aliphatic rings. The summed E-state index contributed by atoms with van der Waals surface area (Å²) in [5, 5.41) is 3.33. The zero-order chi connectivity index (χ0) is 23.4. The topological polar surface area (TPSA) is 79.6 Å². The van der Waals surface area contributed by atoms with Gasteiger partial charge in [-0.25, -0.2) is 4.79 Å². The number of anilines is 1. The van der Waals surface area contributed by atoms with Crippen molar-refractivity contribution >= 4 is 40.1 Å². The summed E-state index contributed by atoms with van der Waals surface area (Å²) >= 11 is 6.10. The Morgan fingerprint density at radius 3 is 2.24 bits per heavy atom. The number of carbonyl (C=O) groups is 2. The van der Waals surface area contributed by atoms with Crippen molar-refractivity contribution in [2.24, 2.45) is 0 Å². The molecule has 1 N–H and O–H groups in total. The first kappa shape index (κ1) is 23.1. The Hall–Kier alpha value is -3.10. The number of nitrogens with zero attached hydrogens (tertiary/aromatic N) is 4. The van der Waals surface area contributed by atoms with Crippen molar-refractivity contribution < 1.29 is 9.59 Å². The number of imidazole rings is 1. The smallest absolute Gasteiger partial charge is 0.329 e. The van der Waals surface area contributed by atoms with Crippen LogP contribution in [0.2, 0.25) is 5.02 Å². The third-order valence-corrected chi connectivity index (χ3v) is 6.36. The molecule has 1 saturated heterocycles. The van der Waals surface area contributed by atoms with Crippen LogP contribution in [0.4, 0.5) is 5.69 Å². The highest BCUT2D eigenvalue weighted by Gasteiger charge is 2.23. The number of rotatable bonds is 7. The fourth-order valence-corrected chi connectivity index (χ4v) is 4.45. The molecule has 0 unspecified atom stereocenters. The van der Waals surface area contributed by atoms with E-state index in [0.717, 1.165) is 11.0 Å². The number of fused-ring (bicyclic) bond motifs is 1. The number of carbonyl (C=O) groups excluding carboxylic acids is 2. The summed E-state index contributed by atoms with van der Waals surface area (Å²) in [7, 11) is 0. The summed E-state index contributed by atoms with van der Waals surface area (Å²) < 4.78 is 3.41. The molecule has 0 saturated carbocycles. The molecule has 2 heterocycles. The molecule has 0 spiro atoms. The van der Waals surface area contributed by atoms with E-state index in [4.69, 9.17) is 11.6 Å². The fraction of sp³-hybridized carbons (Fsp3) is 0.375. The van der Waals surface area contributed by atoms with Crippen LogP contribution >= 0.6 is 11.6 Å². The normalized spacial score (nSPS) is 14.5.